The van der Waals surface area contributed by atoms with Crippen molar-refractivity contribution >= 4 is 34.7 Å². The topological polar surface area (TPSA) is 75.4 Å². The van der Waals surface area contributed by atoms with Crippen LogP contribution in [0.25, 0.3) is 0 Å². The zero-order chi connectivity index (χ0) is 15.0. The molecule has 1 unspecified atom stereocenters. The fourth-order valence-corrected chi connectivity index (χ4v) is 2.01. The van der Waals surface area contributed by atoms with Crippen LogP contribution in [0.3, 0.4) is 0 Å². The number of amides is 2. The summed E-state index contributed by atoms with van der Waals surface area (Å²) in [5.74, 6) is -2.80. The van der Waals surface area contributed by atoms with Crippen LogP contribution in [-0.4, -0.2) is 34.8 Å². The molecule has 1 aliphatic heterocycles. The number of nitrogens with one attached hydrogen (secondary N) is 1. The Morgan fingerprint density at radius 2 is 1.95 bits per heavy atom. The first-order chi connectivity index (χ1) is 9.31. The van der Waals surface area contributed by atoms with Crippen LogP contribution < -0.4 is 11.1 Å². The second kappa shape index (κ2) is 5.12. The van der Waals surface area contributed by atoms with Crippen molar-refractivity contribution < 1.29 is 18.4 Å². The van der Waals surface area contributed by atoms with Crippen LogP contribution in [0.1, 0.15) is 12.0 Å². The second-order valence-corrected chi connectivity index (χ2v) is 4.81. The quantitative estimate of drug-likeness (QED) is 0.637. The third-order valence-corrected chi connectivity index (χ3v) is 3.26. The summed E-state index contributed by atoms with van der Waals surface area (Å²) < 4.78 is 27.6. The minimum atomic E-state index is -0.979. The Hall–Kier alpha value is -2.09. The monoisotopic (exact) mass is 299 g/mol. The summed E-state index contributed by atoms with van der Waals surface area (Å²) in [6, 6.07) is 0.962. The van der Waals surface area contributed by atoms with Gasteiger partial charge in [-0.05, 0) is 12.1 Å². The number of nitrogens with zero attached hydrogens (tertiary/aromatic N) is 1. The van der Waals surface area contributed by atoms with E-state index in [1.54, 1.807) is 0 Å². The number of nitrogens with two attached hydrogens (primary N) is 1. The SMILES string of the molecule is CN1C(=O)CC(Nc2c(F)cc(C(N)=S)cc2F)C1=O. The van der Waals surface area contributed by atoms with E-state index in [0.717, 1.165) is 17.0 Å². The van der Waals surface area contributed by atoms with E-state index in [2.05, 4.69) is 17.5 Å². The number of hydrogen-bond donors (Lipinski definition) is 2. The fourth-order valence-electron chi connectivity index (χ4n) is 1.90. The summed E-state index contributed by atoms with van der Waals surface area (Å²) in [5.41, 5.74) is 4.86. The number of hydrogen-bond acceptors (Lipinski definition) is 4. The third kappa shape index (κ3) is 2.46. The molecule has 2 rings (SSSR count). The number of carbonyl (C=O) groups excluding carboxylic acids is 2. The first-order valence-electron chi connectivity index (χ1n) is 5.67. The summed E-state index contributed by atoms with van der Waals surface area (Å²) in [6.07, 6.45) is -0.148. The molecule has 0 radical (unpaired) electrons. The lowest BCUT2D eigenvalue weighted by atomic mass is 10.1. The maximum absolute atomic E-state index is 13.8. The first-order valence-corrected chi connectivity index (χ1v) is 6.08. The Morgan fingerprint density at radius 1 is 1.40 bits per heavy atom. The van der Waals surface area contributed by atoms with E-state index >= 15 is 0 Å². The van der Waals surface area contributed by atoms with Gasteiger partial charge >= 0.3 is 0 Å². The molecular formula is C12H11F2N3O2S. The molecule has 1 atom stereocenters. The van der Waals surface area contributed by atoms with Gasteiger partial charge in [0.05, 0.1) is 6.42 Å². The maximum Gasteiger partial charge on any atom is 0.251 e. The van der Waals surface area contributed by atoms with Crippen LogP contribution in [0.4, 0.5) is 14.5 Å². The lowest BCUT2D eigenvalue weighted by molar-refractivity contribution is -0.136. The van der Waals surface area contributed by atoms with Crippen molar-refractivity contribution in [1.82, 2.24) is 4.90 Å². The molecule has 1 saturated heterocycles. The molecular weight excluding hydrogens is 288 g/mol. The normalized spacial score (nSPS) is 18.6. The van der Waals surface area contributed by atoms with Gasteiger partial charge in [-0.1, -0.05) is 12.2 Å². The molecule has 0 bridgehead atoms. The van der Waals surface area contributed by atoms with Gasteiger partial charge in [-0.15, -0.1) is 0 Å². The van der Waals surface area contributed by atoms with Crippen molar-refractivity contribution in [3.63, 3.8) is 0 Å². The highest BCUT2D eigenvalue weighted by Gasteiger charge is 2.36. The van der Waals surface area contributed by atoms with Gasteiger partial charge in [0.25, 0.3) is 5.91 Å². The highest BCUT2D eigenvalue weighted by molar-refractivity contribution is 7.80. The fraction of sp³-hybridized carbons (Fsp3) is 0.250. The van der Waals surface area contributed by atoms with Gasteiger partial charge < -0.3 is 11.1 Å². The standard InChI is InChI=1S/C12H11F2N3O2S/c1-17-9(18)4-8(12(17)19)16-10-6(13)2-5(11(15)20)3-7(10)14/h2-3,8,16H,4H2,1H3,(H2,15,20). The maximum atomic E-state index is 13.8. The van der Waals surface area contributed by atoms with Crippen molar-refractivity contribution in [1.29, 1.82) is 0 Å². The van der Waals surface area contributed by atoms with Crippen LogP contribution in [0.2, 0.25) is 0 Å². The number of benzene rings is 1. The molecule has 106 valence electrons. The Bertz CT molecular complexity index is 598. The molecule has 3 N–H and O–H groups in total. The van der Waals surface area contributed by atoms with E-state index in [-0.39, 0.29) is 17.0 Å². The lowest BCUT2D eigenvalue weighted by Crippen LogP contribution is -2.32. The predicted molar refractivity (Wildman–Crippen MR) is 72.1 cm³/mol. The van der Waals surface area contributed by atoms with E-state index in [1.165, 1.54) is 7.05 Å². The molecule has 0 saturated carbocycles. The van der Waals surface area contributed by atoms with Gasteiger partial charge in [0.15, 0.2) is 0 Å². The number of thiocarbonyl (C=S) groups is 1. The molecule has 0 aromatic heterocycles. The zero-order valence-electron chi connectivity index (χ0n) is 10.4. The molecule has 0 spiro atoms. The number of likely N-dealkylation sites (N-methyl/N-ethyl adjacent to an activating group) is 1. The smallest absolute Gasteiger partial charge is 0.251 e. The van der Waals surface area contributed by atoms with Crippen molar-refractivity contribution in [2.24, 2.45) is 5.73 Å². The number of halogens is 2. The van der Waals surface area contributed by atoms with Gasteiger partial charge in [-0.2, -0.15) is 0 Å². The summed E-state index contributed by atoms with van der Waals surface area (Å²) in [4.78, 5) is 23.8. The molecule has 8 heteroatoms. The molecule has 1 fully saturated rings. The number of likely N-dealkylation sites (tertiary alicyclic amines) is 1. The molecule has 5 nitrogen and oxygen atoms in total. The average Bonchev–Trinajstić information content (AvgIpc) is 2.61. The van der Waals surface area contributed by atoms with E-state index in [9.17, 15) is 18.4 Å². The van der Waals surface area contributed by atoms with Crippen LogP contribution in [0.5, 0.6) is 0 Å². The minimum absolute atomic E-state index is 0.0477. The molecule has 1 aliphatic rings. The van der Waals surface area contributed by atoms with Crippen molar-refractivity contribution in [2.45, 2.75) is 12.5 Å². The minimum Gasteiger partial charge on any atom is -0.389 e. The Morgan fingerprint density at radius 3 is 2.35 bits per heavy atom. The highest BCUT2D eigenvalue weighted by Crippen LogP contribution is 2.24. The van der Waals surface area contributed by atoms with Crippen molar-refractivity contribution in [3.05, 3.63) is 29.3 Å². The number of imide groups is 1. The molecule has 2 amide bonds. The van der Waals surface area contributed by atoms with Crippen molar-refractivity contribution in [2.75, 3.05) is 12.4 Å². The Balaban J connectivity index is 2.29. The lowest BCUT2D eigenvalue weighted by Gasteiger charge is -2.14. The van der Waals surface area contributed by atoms with Gasteiger partial charge in [0, 0.05) is 12.6 Å². The Labute approximate surface area is 118 Å². The van der Waals surface area contributed by atoms with E-state index < -0.39 is 35.2 Å². The molecule has 1 aromatic rings. The number of carbonyl (C=O) groups is 2. The zero-order valence-corrected chi connectivity index (χ0v) is 11.3. The Kier molecular flexibility index (Phi) is 3.67. The first kappa shape index (κ1) is 14.3. The average molecular weight is 299 g/mol. The number of rotatable bonds is 3. The van der Waals surface area contributed by atoms with Crippen LogP contribution in [-0.2, 0) is 9.59 Å². The van der Waals surface area contributed by atoms with Gasteiger partial charge in [-0.25, -0.2) is 8.78 Å². The van der Waals surface area contributed by atoms with Crippen molar-refractivity contribution in [3.8, 4) is 0 Å². The highest BCUT2D eigenvalue weighted by atomic mass is 32.1. The van der Waals surface area contributed by atoms with Gasteiger partial charge in [0.2, 0.25) is 5.91 Å². The number of anilines is 1. The summed E-state index contributed by atoms with van der Waals surface area (Å²) in [5, 5.41) is 2.41. The van der Waals surface area contributed by atoms with E-state index in [0.29, 0.717) is 0 Å². The van der Waals surface area contributed by atoms with E-state index in [1.807, 2.05) is 0 Å². The summed E-state index contributed by atoms with van der Waals surface area (Å²) in [7, 11) is 1.31. The van der Waals surface area contributed by atoms with Crippen LogP contribution in [0.15, 0.2) is 12.1 Å². The predicted octanol–water partition coefficient (Wildman–Crippen LogP) is 0.768. The van der Waals surface area contributed by atoms with Gasteiger partial charge in [0.1, 0.15) is 28.4 Å². The molecule has 0 aliphatic carbocycles. The van der Waals surface area contributed by atoms with Crippen LogP contribution in [0, 0.1) is 11.6 Å². The van der Waals surface area contributed by atoms with Gasteiger partial charge in [-0.3, -0.25) is 14.5 Å². The van der Waals surface area contributed by atoms with Crippen LogP contribution >= 0.6 is 12.2 Å². The second-order valence-electron chi connectivity index (χ2n) is 4.37. The van der Waals surface area contributed by atoms with E-state index in [4.69, 9.17) is 5.73 Å². The summed E-state index contributed by atoms with van der Waals surface area (Å²) >= 11 is 4.64. The summed E-state index contributed by atoms with van der Waals surface area (Å²) in [6.45, 7) is 0. The molecule has 1 heterocycles. The largest absolute Gasteiger partial charge is 0.389 e. The molecule has 20 heavy (non-hydrogen) atoms. The molecule has 1 aromatic carbocycles. The third-order valence-electron chi connectivity index (χ3n) is 3.03.